The summed E-state index contributed by atoms with van der Waals surface area (Å²) in [6.45, 7) is 1.91. The summed E-state index contributed by atoms with van der Waals surface area (Å²) in [7, 11) is 1.59. The standard InChI is InChI=1S/C14H14N2O2S/c1-9-3-4-11(8-16-9)18-13-7-10(17-2)5-6-12(13)14(15)19/h3-8H,1-2H3,(H2,15,19). The number of hydrogen-bond acceptors (Lipinski definition) is 4. The maximum absolute atomic E-state index is 5.76. The van der Waals surface area contributed by atoms with Crippen LogP contribution in [0.15, 0.2) is 36.5 Å². The van der Waals surface area contributed by atoms with Crippen LogP contribution >= 0.6 is 12.2 Å². The van der Waals surface area contributed by atoms with E-state index in [1.165, 1.54) is 0 Å². The van der Waals surface area contributed by atoms with Crippen molar-refractivity contribution >= 4 is 17.2 Å². The van der Waals surface area contributed by atoms with E-state index in [4.69, 9.17) is 27.4 Å². The van der Waals surface area contributed by atoms with Crippen LogP contribution in [0, 0.1) is 6.92 Å². The van der Waals surface area contributed by atoms with Crippen molar-refractivity contribution in [1.29, 1.82) is 0 Å². The fourth-order valence-electron chi connectivity index (χ4n) is 1.56. The van der Waals surface area contributed by atoms with Gasteiger partial charge in [0.2, 0.25) is 0 Å². The molecule has 19 heavy (non-hydrogen) atoms. The van der Waals surface area contributed by atoms with Crippen molar-refractivity contribution in [2.45, 2.75) is 6.92 Å². The van der Waals surface area contributed by atoms with Crippen LogP contribution in [0.2, 0.25) is 0 Å². The Bertz CT molecular complexity index is 597. The Balaban J connectivity index is 2.36. The Kier molecular flexibility index (Phi) is 3.97. The largest absolute Gasteiger partial charge is 0.497 e. The van der Waals surface area contributed by atoms with Gasteiger partial charge in [-0.2, -0.15) is 0 Å². The zero-order chi connectivity index (χ0) is 13.8. The van der Waals surface area contributed by atoms with Crippen molar-refractivity contribution in [1.82, 2.24) is 4.98 Å². The van der Waals surface area contributed by atoms with E-state index in [9.17, 15) is 0 Å². The van der Waals surface area contributed by atoms with Crippen LogP contribution in [0.4, 0.5) is 0 Å². The lowest BCUT2D eigenvalue weighted by molar-refractivity contribution is 0.408. The summed E-state index contributed by atoms with van der Waals surface area (Å²) in [4.78, 5) is 4.45. The molecule has 0 radical (unpaired) electrons. The van der Waals surface area contributed by atoms with Crippen molar-refractivity contribution in [3.8, 4) is 17.2 Å². The lowest BCUT2D eigenvalue weighted by Crippen LogP contribution is -2.10. The molecule has 1 aromatic carbocycles. The van der Waals surface area contributed by atoms with Gasteiger partial charge in [-0.15, -0.1) is 0 Å². The molecule has 0 aliphatic rings. The lowest BCUT2D eigenvalue weighted by Gasteiger charge is -2.11. The Labute approximate surface area is 117 Å². The van der Waals surface area contributed by atoms with E-state index in [0.29, 0.717) is 22.8 Å². The molecule has 4 nitrogen and oxygen atoms in total. The molecular weight excluding hydrogens is 260 g/mol. The minimum atomic E-state index is 0.276. The van der Waals surface area contributed by atoms with Crippen molar-refractivity contribution in [3.05, 3.63) is 47.8 Å². The number of hydrogen-bond donors (Lipinski definition) is 1. The molecule has 2 aromatic rings. The molecule has 98 valence electrons. The third-order valence-corrected chi connectivity index (χ3v) is 2.79. The molecule has 0 bridgehead atoms. The first kappa shape index (κ1) is 13.3. The molecule has 0 saturated carbocycles. The molecule has 0 fully saturated rings. The Morgan fingerprint density at radius 3 is 2.53 bits per heavy atom. The highest BCUT2D eigenvalue weighted by Crippen LogP contribution is 2.29. The van der Waals surface area contributed by atoms with E-state index in [2.05, 4.69) is 4.98 Å². The van der Waals surface area contributed by atoms with E-state index < -0.39 is 0 Å². The smallest absolute Gasteiger partial charge is 0.145 e. The number of thiocarbonyl (C=S) groups is 1. The van der Waals surface area contributed by atoms with Gasteiger partial charge in [0.15, 0.2) is 0 Å². The minimum absolute atomic E-state index is 0.276. The fourth-order valence-corrected chi connectivity index (χ4v) is 1.73. The summed E-state index contributed by atoms with van der Waals surface area (Å²) in [6, 6.07) is 9.02. The number of benzene rings is 1. The zero-order valence-corrected chi connectivity index (χ0v) is 11.5. The van der Waals surface area contributed by atoms with Crippen LogP contribution in [0.1, 0.15) is 11.3 Å². The van der Waals surface area contributed by atoms with Gasteiger partial charge in [0.05, 0.1) is 18.9 Å². The molecule has 1 aromatic heterocycles. The summed E-state index contributed by atoms with van der Waals surface area (Å²) in [6.07, 6.45) is 1.65. The highest BCUT2D eigenvalue weighted by atomic mass is 32.1. The lowest BCUT2D eigenvalue weighted by atomic mass is 10.2. The van der Waals surface area contributed by atoms with Crippen LogP contribution < -0.4 is 15.2 Å². The molecule has 0 atom stereocenters. The summed E-state index contributed by atoms with van der Waals surface area (Å²) >= 11 is 5.01. The predicted octanol–water partition coefficient (Wildman–Crippen LogP) is 2.83. The Morgan fingerprint density at radius 1 is 1.21 bits per heavy atom. The molecule has 0 spiro atoms. The normalized spacial score (nSPS) is 10.0. The molecule has 1 heterocycles. The second-order valence-electron chi connectivity index (χ2n) is 3.96. The maximum Gasteiger partial charge on any atom is 0.145 e. The summed E-state index contributed by atoms with van der Waals surface area (Å²) in [5.41, 5.74) is 7.27. The van der Waals surface area contributed by atoms with E-state index in [0.717, 1.165) is 5.69 Å². The summed E-state index contributed by atoms with van der Waals surface area (Å²) in [5.74, 6) is 1.85. The van der Waals surface area contributed by atoms with Gasteiger partial charge >= 0.3 is 0 Å². The quantitative estimate of drug-likeness (QED) is 0.869. The van der Waals surface area contributed by atoms with E-state index >= 15 is 0 Å². The highest BCUT2D eigenvalue weighted by Gasteiger charge is 2.09. The van der Waals surface area contributed by atoms with Gasteiger partial charge in [-0.25, -0.2) is 0 Å². The number of nitrogens with two attached hydrogens (primary N) is 1. The second-order valence-corrected chi connectivity index (χ2v) is 4.40. The average molecular weight is 274 g/mol. The van der Waals surface area contributed by atoms with Crippen molar-refractivity contribution in [2.24, 2.45) is 5.73 Å². The molecule has 0 saturated heterocycles. The van der Waals surface area contributed by atoms with Crippen LogP contribution in [0.25, 0.3) is 0 Å². The van der Waals surface area contributed by atoms with Crippen LogP contribution in [0.3, 0.4) is 0 Å². The average Bonchev–Trinajstić information content (AvgIpc) is 2.41. The van der Waals surface area contributed by atoms with Gasteiger partial charge in [0.25, 0.3) is 0 Å². The van der Waals surface area contributed by atoms with Crippen molar-refractivity contribution in [2.75, 3.05) is 7.11 Å². The highest BCUT2D eigenvalue weighted by molar-refractivity contribution is 7.80. The number of ether oxygens (including phenoxy) is 2. The Hall–Kier alpha value is -2.14. The second kappa shape index (κ2) is 5.67. The predicted molar refractivity (Wildman–Crippen MR) is 77.9 cm³/mol. The third kappa shape index (κ3) is 3.20. The number of aromatic nitrogens is 1. The molecule has 0 amide bonds. The van der Waals surface area contributed by atoms with Gasteiger partial charge in [-0.05, 0) is 31.2 Å². The number of pyridine rings is 1. The molecule has 2 N–H and O–H groups in total. The molecule has 0 aliphatic heterocycles. The number of methoxy groups -OCH3 is 1. The summed E-state index contributed by atoms with van der Waals surface area (Å²) in [5, 5.41) is 0. The number of aryl methyl sites for hydroxylation is 1. The number of rotatable bonds is 4. The SMILES string of the molecule is COc1ccc(C(N)=S)c(Oc2ccc(C)nc2)c1. The van der Waals surface area contributed by atoms with Gasteiger partial charge in [0, 0.05) is 11.8 Å². The van der Waals surface area contributed by atoms with E-state index in [-0.39, 0.29) is 4.99 Å². The van der Waals surface area contributed by atoms with Gasteiger partial charge in [0.1, 0.15) is 22.2 Å². The molecule has 0 unspecified atom stereocenters. The first-order valence-electron chi connectivity index (χ1n) is 5.68. The molecular formula is C14H14N2O2S. The fraction of sp³-hybridized carbons (Fsp3) is 0.143. The summed E-state index contributed by atoms with van der Waals surface area (Å²) < 4.78 is 10.9. The first-order valence-corrected chi connectivity index (χ1v) is 6.09. The van der Waals surface area contributed by atoms with Crippen LogP contribution in [-0.4, -0.2) is 17.1 Å². The van der Waals surface area contributed by atoms with Crippen molar-refractivity contribution < 1.29 is 9.47 Å². The van der Waals surface area contributed by atoms with Gasteiger partial charge < -0.3 is 15.2 Å². The molecule has 2 rings (SSSR count). The van der Waals surface area contributed by atoms with Gasteiger partial charge in [-0.1, -0.05) is 12.2 Å². The number of nitrogens with zero attached hydrogens (tertiary/aromatic N) is 1. The van der Waals surface area contributed by atoms with Crippen molar-refractivity contribution in [3.63, 3.8) is 0 Å². The van der Waals surface area contributed by atoms with E-state index in [1.54, 1.807) is 31.5 Å². The van der Waals surface area contributed by atoms with Crippen LogP contribution in [-0.2, 0) is 0 Å². The van der Waals surface area contributed by atoms with Gasteiger partial charge in [-0.3, -0.25) is 4.98 Å². The molecule has 5 heteroatoms. The van der Waals surface area contributed by atoms with Crippen LogP contribution in [0.5, 0.6) is 17.2 Å². The van der Waals surface area contributed by atoms with E-state index in [1.807, 2.05) is 19.1 Å². The Morgan fingerprint density at radius 2 is 1.95 bits per heavy atom. The minimum Gasteiger partial charge on any atom is -0.497 e. The topological polar surface area (TPSA) is 57.4 Å². The monoisotopic (exact) mass is 274 g/mol. The molecule has 0 aliphatic carbocycles. The first-order chi connectivity index (χ1) is 9.10. The third-order valence-electron chi connectivity index (χ3n) is 2.57. The maximum atomic E-state index is 5.76. The zero-order valence-electron chi connectivity index (χ0n) is 10.7.